The highest BCUT2D eigenvalue weighted by molar-refractivity contribution is 5.90. The highest BCUT2D eigenvalue weighted by Gasteiger charge is 2.23. The van der Waals surface area contributed by atoms with E-state index in [1.165, 1.54) is 6.07 Å². The number of carbonyl (C=O) groups excluding carboxylic acids is 1. The Bertz CT molecular complexity index is 1100. The zero-order chi connectivity index (χ0) is 22.7. The maximum Gasteiger partial charge on any atom is 0.320 e. The van der Waals surface area contributed by atoms with Gasteiger partial charge in [0, 0.05) is 43.3 Å². The number of fused-ring (bicyclic) bond motifs is 1. The highest BCUT2D eigenvalue weighted by atomic mass is 19.1. The Hall–Kier alpha value is -3.37. The fraction of sp³-hybridized carbons (Fsp3) is 0.364. The van der Waals surface area contributed by atoms with Gasteiger partial charge in [0.1, 0.15) is 0 Å². The lowest BCUT2D eigenvalue weighted by atomic mass is 10.1. The van der Waals surface area contributed by atoms with E-state index in [0.29, 0.717) is 17.0 Å². The maximum atomic E-state index is 14.5. The second-order valence-corrected chi connectivity index (χ2v) is 8.58. The topological polar surface area (TPSA) is 98.3 Å². The van der Waals surface area contributed by atoms with Crippen molar-refractivity contribution in [2.75, 3.05) is 36.5 Å². The van der Waals surface area contributed by atoms with Crippen LogP contribution in [0.2, 0.25) is 0 Å². The number of halogens is 1. The van der Waals surface area contributed by atoms with Crippen molar-refractivity contribution in [1.82, 2.24) is 30.6 Å². The van der Waals surface area contributed by atoms with E-state index < -0.39 is 17.4 Å². The first kappa shape index (κ1) is 21.8. The van der Waals surface area contributed by atoms with Gasteiger partial charge in [-0.25, -0.2) is 29.2 Å². The molecule has 2 amide bonds. The van der Waals surface area contributed by atoms with Gasteiger partial charge in [0.25, 0.3) is 0 Å². The van der Waals surface area contributed by atoms with Crippen LogP contribution in [0.25, 0.3) is 11.0 Å². The number of pyridine rings is 1. The number of nitrogens with one attached hydrogen (secondary N) is 3. The van der Waals surface area contributed by atoms with Crippen molar-refractivity contribution in [2.45, 2.75) is 26.3 Å². The molecule has 1 fully saturated rings. The SMILES string of the molecule is CC(C)(C)NC(=O)Nc1nc2nc(N(c3ccccc3)N3CCNCC3)ncc2cc1F. The van der Waals surface area contributed by atoms with Crippen molar-refractivity contribution < 1.29 is 9.18 Å². The average Bonchev–Trinajstić information content (AvgIpc) is 2.75. The highest BCUT2D eigenvalue weighted by Crippen LogP contribution is 2.26. The standard InChI is InChI=1S/C22H27FN8O/c1-22(2,3)29-21(32)28-19-17(23)13-15-14-25-20(27-18(15)26-19)31(16-7-5-4-6-8-16)30-11-9-24-10-12-30/h4-8,13-14,24H,9-12H2,1-3H3,(H2,25,26,27,28,29,32). The number of anilines is 3. The summed E-state index contributed by atoms with van der Waals surface area (Å²) in [6.45, 7) is 8.77. The molecule has 3 N–H and O–H groups in total. The Morgan fingerprint density at radius 2 is 1.88 bits per heavy atom. The number of aromatic nitrogens is 3. The summed E-state index contributed by atoms with van der Waals surface area (Å²) in [5, 5.41) is 13.1. The number of para-hydroxylation sites is 1. The Kier molecular flexibility index (Phi) is 6.15. The van der Waals surface area contributed by atoms with Crippen LogP contribution in [0, 0.1) is 5.82 Å². The summed E-state index contributed by atoms with van der Waals surface area (Å²) in [6, 6.07) is 10.6. The molecule has 1 saturated heterocycles. The van der Waals surface area contributed by atoms with Gasteiger partial charge in [-0.3, -0.25) is 5.32 Å². The van der Waals surface area contributed by atoms with E-state index in [1.54, 1.807) is 6.20 Å². The number of hydrogen-bond donors (Lipinski definition) is 3. The molecule has 4 rings (SSSR count). The van der Waals surface area contributed by atoms with Gasteiger partial charge in [-0.15, -0.1) is 0 Å². The van der Waals surface area contributed by atoms with E-state index in [4.69, 9.17) is 0 Å². The summed E-state index contributed by atoms with van der Waals surface area (Å²) >= 11 is 0. The second kappa shape index (κ2) is 9.01. The summed E-state index contributed by atoms with van der Waals surface area (Å²) in [5.74, 6) is -0.410. The van der Waals surface area contributed by atoms with E-state index in [2.05, 4.69) is 35.9 Å². The number of hydrazine groups is 1. The molecule has 0 radical (unpaired) electrons. The van der Waals surface area contributed by atoms with Crippen LogP contribution in [0.5, 0.6) is 0 Å². The number of benzene rings is 1. The van der Waals surface area contributed by atoms with Gasteiger partial charge in [-0.1, -0.05) is 18.2 Å². The normalized spacial score (nSPS) is 14.9. The number of amides is 2. The lowest BCUT2D eigenvalue weighted by Crippen LogP contribution is -2.51. The zero-order valence-corrected chi connectivity index (χ0v) is 18.4. The minimum atomic E-state index is -0.653. The molecule has 9 nitrogen and oxygen atoms in total. The predicted molar refractivity (Wildman–Crippen MR) is 122 cm³/mol. The number of hydrogen-bond acceptors (Lipinski definition) is 7. The van der Waals surface area contributed by atoms with Gasteiger partial charge in [0.15, 0.2) is 17.3 Å². The number of rotatable bonds is 4. The fourth-order valence-electron chi connectivity index (χ4n) is 3.43. The first-order chi connectivity index (χ1) is 15.3. The number of nitrogens with zero attached hydrogens (tertiary/aromatic N) is 5. The lowest BCUT2D eigenvalue weighted by molar-refractivity contribution is 0.240. The third kappa shape index (κ3) is 5.09. The van der Waals surface area contributed by atoms with E-state index in [-0.39, 0.29) is 5.82 Å². The van der Waals surface area contributed by atoms with E-state index >= 15 is 0 Å². The molecule has 1 aliphatic rings. The Morgan fingerprint density at radius 3 is 2.56 bits per heavy atom. The largest absolute Gasteiger partial charge is 0.333 e. The third-order valence-electron chi connectivity index (χ3n) is 4.80. The van der Waals surface area contributed by atoms with Crippen molar-refractivity contribution in [3.8, 4) is 0 Å². The van der Waals surface area contributed by atoms with Crippen LogP contribution in [0.3, 0.4) is 0 Å². The molecule has 0 bridgehead atoms. The van der Waals surface area contributed by atoms with Gasteiger partial charge in [0.05, 0.1) is 5.69 Å². The van der Waals surface area contributed by atoms with Crippen molar-refractivity contribution in [2.24, 2.45) is 0 Å². The summed E-state index contributed by atoms with van der Waals surface area (Å²) in [5.41, 5.74) is 0.740. The summed E-state index contributed by atoms with van der Waals surface area (Å²) in [6.07, 6.45) is 1.55. The first-order valence-electron chi connectivity index (χ1n) is 10.5. The molecule has 3 aromatic rings. The molecule has 32 heavy (non-hydrogen) atoms. The van der Waals surface area contributed by atoms with Gasteiger partial charge in [0.2, 0.25) is 5.95 Å². The van der Waals surface area contributed by atoms with Gasteiger partial charge < -0.3 is 10.6 Å². The molecular weight excluding hydrogens is 411 g/mol. The van der Waals surface area contributed by atoms with Crippen LogP contribution >= 0.6 is 0 Å². The van der Waals surface area contributed by atoms with E-state index in [9.17, 15) is 9.18 Å². The summed E-state index contributed by atoms with van der Waals surface area (Å²) in [7, 11) is 0. The van der Waals surface area contributed by atoms with Crippen LogP contribution in [-0.2, 0) is 0 Å². The molecule has 1 aliphatic heterocycles. The minimum absolute atomic E-state index is 0.183. The maximum absolute atomic E-state index is 14.5. The number of urea groups is 1. The van der Waals surface area contributed by atoms with Gasteiger partial charge in [-0.05, 0) is 39.0 Å². The smallest absolute Gasteiger partial charge is 0.320 e. The van der Waals surface area contributed by atoms with E-state index in [0.717, 1.165) is 31.9 Å². The zero-order valence-electron chi connectivity index (χ0n) is 18.4. The van der Waals surface area contributed by atoms with E-state index in [1.807, 2.05) is 56.1 Å². The number of piperazine rings is 1. The molecule has 3 heterocycles. The average molecular weight is 439 g/mol. The predicted octanol–water partition coefficient (Wildman–Crippen LogP) is 3.04. The molecule has 168 valence electrons. The van der Waals surface area contributed by atoms with Crippen molar-refractivity contribution in [3.05, 3.63) is 48.4 Å². The molecule has 0 spiro atoms. The second-order valence-electron chi connectivity index (χ2n) is 8.58. The van der Waals surface area contributed by atoms with Gasteiger partial charge in [-0.2, -0.15) is 4.98 Å². The van der Waals surface area contributed by atoms with Crippen LogP contribution in [0.15, 0.2) is 42.6 Å². The molecule has 0 atom stereocenters. The molecular formula is C22H27FN8O. The first-order valence-corrected chi connectivity index (χ1v) is 10.5. The quantitative estimate of drug-likeness (QED) is 0.576. The molecule has 2 aromatic heterocycles. The Labute approximate surface area is 186 Å². The summed E-state index contributed by atoms with van der Waals surface area (Å²) in [4.78, 5) is 25.6. The van der Waals surface area contributed by atoms with Crippen LogP contribution in [0.4, 0.5) is 26.6 Å². The molecule has 0 aliphatic carbocycles. The Morgan fingerprint density at radius 1 is 1.16 bits per heavy atom. The molecule has 0 unspecified atom stereocenters. The van der Waals surface area contributed by atoms with Crippen LogP contribution in [0.1, 0.15) is 20.8 Å². The minimum Gasteiger partial charge on any atom is -0.333 e. The van der Waals surface area contributed by atoms with Crippen molar-refractivity contribution in [1.29, 1.82) is 0 Å². The fourth-order valence-corrected chi connectivity index (χ4v) is 3.43. The van der Waals surface area contributed by atoms with Crippen LogP contribution < -0.4 is 21.0 Å². The monoisotopic (exact) mass is 438 g/mol. The van der Waals surface area contributed by atoms with Crippen molar-refractivity contribution >= 4 is 34.5 Å². The lowest BCUT2D eigenvalue weighted by Gasteiger charge is -2.37. The van der Waals surface area contributed by atoms with Crippen LogP contribution in [-0.4, -0.2) is 57.7 Å². The molecule has 10 heteroatoms. The molecule has 0 saturated carbocycles. The van der Waals surface area contributed by atoms with Gasteiger partial charge >= 0.3 is 6.03 Å². The third-order valence-corrected chi connectivity index (χ3v) is 4.80. The van der Waals surface area contributed by atoms with Crippen molar-refractivity contribution in [3.63, 3.8) is 0 Å². The Balaban J connectivity index is 1.70. The number of carbonyl (C=O) groups is 1. The molecule has 1 aromatic carbocycles. The summed E-state index contributed by atoms with van der Waals surface area (Å²) < 4.78 is 14.5.